The average molecular weight is 172 g/mol. The number of carboxylic acids is 2. The first kappa shape index (κ1) is 4.45. The lowest BCUT2D eigenvalue weighted by Gasteiger charge is -2.15. The Morgan fingerprint density at radius 3 is 2.42 bits per heavy atom. The van der Waals surface area contributed by atoms with Gasteiger partial charge in [-0.3, -0.25) is 9.59 Å². The number of carboxylic acid groups (broad SMARTS) is 2. The molecule has 0 aromatic rings. The lowest BCUT2D eigenvalue weighted by Crippen LogP contribution is -2.27. The highest BCUT2D eigenvalue weighted by Gasteiger charge is 2.30. The Morgan fingerprint density at radius 2 is 1.92 bits per heavy atom. The van der Waals surface area contributed by atoms with Gasteiger partial charge in [0.2, 0.25) is 0 Å². The molecule has 0 aliphatic heterocycles. The van der Waals surface area contributed by atoms with Gasteiger partial charge in [-0.25, -0.2) is 0 Å². The Balaban J connectivity index is 3.53. The molecule has 0 radical (unpaired) electrons. The van der Waals surface area contributed by atoms with Gasteiger partial charge < -0.3 is 10.2 Å². The van der Waals surface area contributed by atoms with Crippen LogP contribution in [-0.4, -0.2) is 22.2 Å². The summed E-state index contributed by atoms with van der Waals surface area (Å²) in [5.74, 6) is -9.60. The van der Waals surface area contributed by atoms with Gasteiger partial charge in [0, 0.05) is 2.74 Å². The van der Waals surface area contributed by atoms with Gasteiger partial charge in [0.1, 0.15) is 0 Å². The van der Waals surface area contributed by atoms with E-state index >= 15 is 0 Å². The number of hydrogen-bond donors (Lipinski definition) is 2. The van der Waals surface area contributed by atoms with E-state index in [1.54, 1.807) is 0 Å². The molecule has 12 heavy (non-hydrogen) atoms. The lowest BCUT2D eigenvalue weighted by atomic mass is 9.89. The van der Waals surface area contributed by atoms with Gasteiger partial charge in [-0.1, -0.05) is 24.3 Å². The summed E-state index contributed by atoms with van der Waals surface area (Å²) in [6.45, 7) is 0. The second-order valence-corrected chi connectivity index (χ2v) is 2.00. The van der Waals surface area contributed by atoms with Crippen molar-refractivity contribution in [3.63, 3.8) is 0 Å². The van der Waals surface area contributed by atoms with Crippen LogP contribution < -0.4 is 0 Å². The highest BCUT2D eigenvalue weighted by Crippen LogP contribution is 2.19. The number of rotatable bonds is 2. The van der Waals surface area contributed by atoms with Crippen LogP contribution in [0.25, 0.3) is 0 Å². The Kier molecular flexibility index (Phi) is 1.19. The number of allylic oxidation sites excluding steroid dienone is 2. The van der Waals surface area contributed by atoms with Crippen molar-refractivity contribution < 1.29 is 25.3 Å². The highest BCUT2D eigenvalue weighted by atomic mass is 16.4. The van der Waals surface area contributed by atoms with Gasteiger partial charge in [-0.2, -0.15) is 0 Å². The van der Waals surface area contributed by atoms with Gasteiger partial charge in [0.25, 0.3) is 0 Å². The van der Waals surface area contributed by atoms with Crippen LogP contribution in [-0.2, 0) is 9.59 Å². The van der Waals surface area contributed by atoms with Crippen LogP contribution in [0.1, 0.15) is 5.48 Å². The van der Waals surface area contributed by atoms with Crippen molar-refractivity contribution in [2.75, 3.05) is 0 Å². The van der Waals surface area contributed by atoms with E-state index in [2.05, 4.69) is 0 Å². The summed E-state index contributed by atoms with van der Waals surface area (Å²) in [5.41, 5.74) is 0. The summed E-state index contributed by atoms with van der Waals surface area (Å²) in [6, 6.07) is -1.60. The SMILES string of the molecule is [2H]C1=C([2H])C([2H])(C(=O)O)C([2H])(C(=O)O)C=C1. The Bertz CT molecular complexity index is 430. The molecule has 0 aromatic heterocycles. The maximum Gasteiger partial charge on any atom is 0.311 e. The molecule has 0 bridgehead atoms. The minimum atomic E-state index is -3.01. The van der Waals surface area contributed by atoms with Gasteiger partial charge in [0.15, 0.2) is 0 Å². The average Bonchev–Trinajstić information content (AvgIpc) is 2.20. The lowest BCUT2D eigenvalue weighted by molar-refractivity contribution is -0.149. The first-order valence-corrected chi connectivity index (χ1v) is 3.02. The van der Waals surface area contributed by atoms with Crippen LogP contribution in [0.5, 0.6) is 0 Å². The molecule has 2 atom stereocenters. The topological polar surface area (TPSA) is 74.6 Å². The second kappa shape index (κ2) is 3.21. The summed E-state index contributed by atoms with van der Waals surface area (Å²) in [5, 5.41) is 17.6. The molecule has 4 heteroatoms. The monoisotopic (exact) mass is 172 g/mol. The smallest absolute Gasteiger partial charge is 0.311 e. The molecular weight excluding hydrogens is 160 g/mol. The first-order valence-electron chi connectivity index (χ1n) is 5.02. The quantitative estimate of drug-likeness (QED) is 0.636. The molecule has 0 saturated carbocycles. The van der Waals surface area contributed by atoms with Crippen molar-refractivity contribution in [1.82, 2.24) is 0 Å². The molecule has 0 fully saturated rings. The maximum atomic E-state index is 10.9. The molecule has 0 amide bonds. The maximum absolute atomic E-state index is 10.9. The van der Waals surface area contributed by atoms with Crippen LogP contribution in [0, 0.1) is 11.8 Å². The fourth-order valence-electron chi connectivity index (χ4n) is 0.736. The predicted molar refractivity (Wildman–Crippen MR) is 40.5 cm³/mol. The second-order valence-electron chi connectivity index (χ2n) is 2.00. The zero-order chi connectivity index (χ0) is 12.7. The fraction of sp³-hybridized carbons (Fsp3) is 0.250. The number of carbonyl (C=O) groups is 2. The molecule has 0 aromatic carbocycles. The van der Waals surface area contributed by atoms with Crippen molar-refractivity contribution in [1.29, 1.82) is 0 Å². The Labute approximate surface area is 74.4 Å². The van der Waals surface area contributed by atoms with Crippen molar-refractivity contribution in [2.24, 2.45) is 11.8 Å². The minimum absolute atomic E-state index is 0.582. The fourth-order valence-corrected chi connectivity index (χ4v) is 0.736. The van der Waals surface area contributed by atoms with E-state index in [9.17, 15) is 9.59 Å². The first-order chi connectivity index (χ1) is 7.18. The number of hydrogen-bond acceptors (Lipinski definition) is 2. The molecule has 0 saturated heterocycles. The minimum Gasteiger partial charge on any atom is -0.481 e. The molecule has 1 aliphatic rings. The standard InChI is InChI=1S/C8H8O4/c9-7(10)5-3-1-2-4-6(5)8(11)12/h1-6H,(H,9,10)(H,11,12)/i1D,3D,5D,6D. The Hall–Kier alpha value is -1.58. The summed E-state index contributed by atoms with van der Waals surface area (Å²) < 4.78 is 29.5. The largest absolute Gasteiger partial charge is 0.481 e. The zero-order valence-corrected chi connectivity index (χ0v) is 5.87. The van der Waals surface area contributed by atoms with Gasteiger partial charge in [-0.15, -0.1) is 0 Å². The van der Waals surface area contributed by atoms with E-state index in [4.69, 9.17) is 15.7 Å². The van der Waals surface area contributed by atoms with E-state index in [-0.39, 0.29) is 0 Å². The third kappa shape index (κ3) is 1.53. The molecule has 2 unspecified atom stereocenters. The summed E-state index contributed by atoms with van der Waals surface area (Å²) in [6.07, 6.45) is 1.48. The van der Waals surface area contributed by atoms with Gasteiger partial charge in [0.05, 0.1) is 14.5 Å². The molecule has 1 aliphatic carbocycles. The predicted octanol–water partition coefficient (Wildman–Crippen LogP) is 0.514. The summed E-state index contributed by atoms with van der Waals surface area (Å²) >= 11 is 0. The van der Waals surface area contributed by atoms with E-state index in [0.717, 1.165) is 6.08 Å². The van der Waals surface area contributed by atoms with Crippen LogP contribution >= 0.6 is 0 Å². The third-order valence-corrected chi connectivity index (χ3v) is 1.24. The normalized spacial score (nSPS) is 45.7. The summed E-state index contributed by atoms with van der Waals surface area (Å²) in [4.78, 5) is 21.8. The molecule has 64 valence electrons. The van der Waals surface area contributed by atoms with E-state index < -0.39 is 35.8 Å². The zero-order valence-electron chi connectivity index (χ0n) is 9.87. The molecule has 4 nitrogen and oxygen atoms in total. The molecule has 2 N–H and O–H groups in total. The number of aliphatic carboxylic acids is 2. The van der Waals surface area contributed by atoms with Crippen molar-refractivity contribution in [2.45, 2.75) is 0 Å². The van der Waals surface area contributed by atoms with E-state index in [1.165, 1.54) is 0 Å². The van der Waals surface area contributed by atoms with Gasteiger partial charge >= 0.3 is 11.9 Å². The third-order valence-electron chi connectivity index (χ3n) is 1.24. The van der Waals surface area contributed by atoms with Crippen LogP contribution in [0.2, 0.25) is 0 Å². The van der Waals surface area contributed by atoms with Gasteiger partial charge in [-0.05, 0) is 0 Å². The Morgan fingerprint density at radius 1 is 1.33 bits per heavy atom. The van der Waals surface area contributed by atoms with Crippen molar-refractivity contribution in [3.8, 4) is 0 Å². The van der Waals surface area contributed by atoms with Crippen molar-refractivity contribution >= 4 is 11.9 Å². The van der Waals surface area contributed by atoms with E-state index in [0.29, 0.717) is 6.08 Å². The van der Waals surface area contributed by atoms with Crippen LogP contribution in [0.3, 0.4) is 0 Å². The van der Waals surface area contributed by atoms with Crippen molar-refractivity contribution in [3.05, 3.63) is 24.3 Å². The summed E-state index contributed by atoms with van der Waals surface area (Å²) in [7, 11) is 0. The van der Waals surface area contributed by atoms with Crippen LogP contribution in [0.15, 0.2) is 24.3 Å². The molecular formula is C8H8O4. The molecule has 1 rings (SSSR count). The molecule has 0 spiro atoms. The van der Waals surface area contributed by atoms with Crippen LogP contribution in [0.4, 0.5) is 0 Å². The van der Waals surface area contributed by atoms with E-state index in [1.807, 2.05) is 0 Å². The molecule has 0 heterocycles. The highest BCUT2D eigenvalue weighted by molar-refractivity contribution is 5.83.